The molecule has 0 unspecified atom stereocenters. The van der Waals surface area contributed by atoms with Gasteiger partial charge in [0.05, 0.1) is 13.7 Å². The third-order valence-electron chi connectivity index (χ3n) is 2.78. The minimum Gasteiger partial charge on any atom is -0.493 e. The molecule has 19 heavy (non-hydrogen) atoms. The van der Waals surface area contributed by atoms with Gasteiger partial charge in [0.15, 0.2) is 11.5 Å². The Morgan fingerprint density at radius 3 is 2.53 bits per heavy atom. The first-order valence-electron chi connectivity index (χ1n) is 6.08. The van der Waals surface area contributed by atoms with Crippen molar-refractivity contribution in [2.75, 3.05) is 13.7 Å². The third kappa shape index (κ3) is 3.86. The number of aromatic nitrogens is 1. The fourth-order valence-electron chi connectivity index (χ4n) is 1.74. The van der Waals surface area contributed by atoms with E-state index in [-0.39, 0.29) is 0 Å². The Morgan fingerprint density at radius 1 is 1.05 bits per heavy atom. The number of nitrogens with zero attached hydrogens (tertiary/aromatic N) is 1. The van der Waals surface area contributed by atoms with Crippen molar-refractivity contribution in [1.82, 2.24) is 4.98 Å². The van der Waals surface area contributed by atoms with Crippen LogP contribution in [0.4, 0.5) is 0 Å². The number of alkyl halides is 1. The van der Waals surface area contributed by atoms with Gasteiger partial charge in [0.1, 0.15) is 0 Å². The Labute approximate surface area is 118 Å². The Hall–Kier alpha value is -1.74. The van der Waals surface area contributed by atoms with Crippen molar-refractivity contribution in [2.45, 2.75) is 12.3 Å². The van der Waals surface area contributed by atoms with Crippen molar-refractivity contribution in [3.63, 3.8) is 0 Å². The Kier molecular flexibility index (Phi) is 5.04. The van der Waals surface area contributed by atoms with Crippen molar-refractivity contribution in [1.29, 1.82) is 0 Å². The number of halogens is 1. The Balaban J connectivity index is 1.96. The van der Waals surface area contributed by atoms with Gasteiger partial charge < -0.3 is 9.47 Å². The van der Waals surface area contributed by atoms with Crippen LogP contribution < -0.4 is 9.47 Å². The van der Waals surface area contributed by atoms with Crippen LogP contribution in [-0.4, -0.2) is 18.7 Å². The van der Waals surface area contributed by atoms with E-state index in [9.17, 15) is 0 Å². The van der Waals surface area contributed by atoms with Gasteiger partial charge in [0.2, 0.25) is 0 Å². The highest BCUT2D eigenvalue weighted by Gasteiger charge is 2.05. The molecule has 0 spiro atoms. The predicted molar refractivity (Wildman–Crippen MR) is 76.0 cm³/mol. The monoisotopic (exact) mass is 277 g/mol. The van der Waals surface area contributed by atoms with Gasteiger partial charge in [-0.3, -0.25) is 4.98 Å². The van der Waals surface area contributed by atoms with Gasteiger partial charge in [-0.25, -0.2) is 0 Å². The molecule has 4 heteroatoms. The second-order valence-corrected chi connectivity index (χ2v) is 4.34. The average Bonchev–Trinajstić information content (AvgIpc) is 2.48. The van der Waals surface area contributed by atoms with Crippen LogP contribution >= 0.6 is 11.6 Å². The van der Waals surface area contributed by atoms with Crippen molar-refractivity contribution in [2.24, 2.45) is 0 Å². The van der Waals surface area contributed by atoms with E-state index < -0.39 is 0 Å². The maximum absolute atomic E-state index is 5.79. The van der Waals surface area contributed by atoms with Crippen LogP contribution in [0, 0.1) is 0 Å². The van der Waals surface area contributed by atoms with Crippen LogP contribution in [0.1, 0.15) is 11.1 Å². The molecule has 0 atom stereocenters. The molecule has 100 valence electrons. The van der Waals surface area contributed by atoms with Gasteiger partial charge in [0.25, 0.3) is 0 Å². The summed E-state index contributed by atoms with van der Waals surface area (Å²) in [6, 6.07) is 9.70. The van der Waals surface area contributed by atoms with E-state index in [1.54, 1.807) is 19.5 Å². The molecule has 0 saturated carbocycles. The molecule has 0 saturated heterocycles. The van der Waals surface area contributed by atoms with E-state index in [1.165, 1.54) is 5.56 Å². The predicted octanol–water partition coefficient (Wildman–Crippen LogP) is 3.45. The highest BCUT2D eigenvalue weighted by atomic mass is 35.5. The molecule has 2 aromatic rings. The SMILES string of the molecule is COc1cc(CCl)ccc1OCCc1ccncc1. The molecular weight excluding hydrogens is 262 g/mol. The summed E-state index contributed by atoms with van der Waals surface area (Å²) in [5, 5.41) is 0. The summed E-state index contributed by atoms with van der Waals surface area (Å²) in [6.45, 7) is 0.598. The lowest BCUT2D eigenvalue weighted by Gasteiger charge is -2.11. The standard InChI is InChI=1S/C15H16ClNO2/c1-18-15-10-13(11-16)2-3-14(15)19-9-6-12-4-7-17-8-5-12/h2-5,7-8,10H,6,9,11H2,1H3. The highest BCUT2D eigenvalue weighted by Crippen LogP contribution is 2.28. The van der Waals surface area contributed by atoms with Crippen molar-refractivity contribution >= 4 is 11.6 Å². The van der Waals surface area contributed by atoms with Crippen molar-refractivity contribution in [3.8, 4) is 11.5 Å². The van der Waals surface area contributed by atoms with E-state index in [4.69, 9.17) is 21.1 Å². The molecule has 2 rings (SSSR count). The normalized spacial score (nSPS) is 10.2. The molecule has 0 aliphatic heterocycles. The summed E-state index contributed by atoms with van der Waals surface area (Å²) >= 11 is 5.79. The zero-order valence-electron chi connectivity index (χ0n) is 10.8. The molecule has 0 fully saturated rings. The quantitative estimate of drug-likeness (QED) is 0.758. The minimum atomic E-state index is 0.466. The molecule has 0 aliphatic carbocycles. The summed E-state index contributed by atoms with van der Waals surface area (Å²) in [5.74, 6) is 1.92. The lowest BCUT2D eigenvalue weighted by atomic mass is 10.2. The first kappa shape index (κ1) is 13.7. The van der Waals surface area contributed by atoms with Crippen LogP contribution in [0.25, 0.3) is 0 Å². The number of rotatable bonds is 6. The zero-order valence-corrected chi connectivity index (χ0v) is 11.6. The fourth-order valence-corrected chi connectivity index (χ4v) is 1.91. The second kappa shape index (κ2) is 7.00. The maximum atomic E-state index is 5.79. The second-order valence-electron chi connectivity index (χ2n) is 4.07. The summed E-state index contributed by atoms with van der Waals surface area (Å²) < 4.78 is 11.0. The molecule has 0 aliphatic rings. The van der Waals surface area contributed by atoms with Crippen molar-refractivity contribution in [3.05, 3.63) is 53.9 Å². The molecule has 1 aromatic carbocycles. The summed E-state index contributed by atoms with van der Waals surface area (Å²) in [5.41, 5.74) is 2.21. The molecule has 0 radical (unpaired) electrons. The average molecular weight is 278 g/mol. The smallest absolute Gasteiger partial charge is 0.161 e. The number of benzene rings is 1. The number of pyridine rings is 1. The number of methoxy groups -OCH3 is 1. The van der Waals surface area contributed by atoms with Crippen LogP contribution in [0.2, 0.25) is 0 Å². The van der Waals surface area contributed by atoms with E-state index in [0.717, 1.165) is 17.7 Å². The van der Waals surface area contributed by atoms with E-state index in [2.05, 4.69) is 4.98 Å². The van der Waals surface area contributed by atoms with Gasteiger partial charge >= 0.3 is 0 Å². The topological polar surface area (TPSA) is 31.4 Å². The summed E-state index contributed by atoms with van der Waals surface area (Å²) in [7, 11) is 1.63. The van der Waals surface area contributed by atoms with Crippen LogP contribution in [-0.2, 0) is 12.3 Å². The fraction of sp³-hybridized carbons (Fsp3) is 0.267. The van der Waals surface area contributed by atoms with Crippen LogP contribution in [0.15, 0.2) is 42.7 Å². The molecule has 1 aromatic heterocycles. The molecule has 0 N–H and O–H groups in total. The zero-order chi connectivity index (χ0) is 13.5. The molecule has 1 heterocycles. The first-order valence-corrected chi connectivity index (χ1v) is 6.61. The molecule has 0 bridgehead atoms. The van der Waals surface area contributed by atoms with E-state index >= 15 is 0 Å². The molecule has 0 amide bonds. The number of hydrogen-bond donors (Lipinski definition) is 0. The number of hydrogen-bond acceptors (Lipinski definition) is 3. The highest BCUT2D eigenvalue weighted by molar-refractivity contribution is 6.17. The lowest BCUT2D eigenvalue weighted by Crippen LogP contribution is -2.03. The van der Waals surface area contributed by atoms with Crippen molar-refractivity contribution < 1.29 is 9.47 Å². The van der Waals surface area contributed by atoms with Gasteiger partial charge in [-0.2, -0.15) is 0 Å². The lowest BCUT2D eigenvalue weighted by molar-refractivity contribution is 0.297. The van der Waals surface area contributed by atoms with Gasteiger partial charge in [-0.15, -0.1) is 11.6 Å². The molecule has 3 nitrogen and oxygen atoms in total. The van der Waals surface area contributed by atoms with Crippen LogP contribution in [0.3, 0.4) is 0 Å². The minimum absolute atomic E-state index is 0.466. The first-order chi connectivity index (χ1) is 9.33. The van der Waals surface area contributed by atoms with Gasteiger partial charge in [-0.05, 0) is 35.4 Å². The van der Waals surface area contributed by atoms with Gasteiger partial charge in [0, 0.05) is 24.7 Å². The van der Waals surface area contributed by atoms with Gasteiger partial charge in [-0.1, -0.05) is 6.07 Å². The Morgan fingerprint density at radius 2 is 1.84 bits per heavy atom. The number of ether oxygens (including phenoxy) is 2. The van der Waals surface area contributed by atoms with E-state index in [1.807, 2.05) is 30.3 Å². The summed E-state index contributed by atoms with van der Waals surface area (Å²) in [4.78, 5) is 3.98. The Bertz CT molecular complexity index is 517. The molecular formula is C15H16ClNO2. The largest absolute Gasteiger partial charge is 0.493 e. The van der Waals surface area contributed by atoms with Crippen LogP contribution in [0.5, 0.6) is 11.5 Å². The third-order valence-corrected chi connectivity index (χ3v) is 3.09. The maximum Gasteiger partial charge on any atom is 0.161 e. The van der Waals surface area contributed by atoms with E-state index in [0.29, 0.717) is 18.2 Å². The summed E-state index contributed by atoms with van der Waals surface area (Å²) in [6.07, 6.45) is 4.40.